The number of carboxylic acid groups (broad SMARTS) is 1. The third-order valence-electron chi connectivity index (χ3n) is 4.85. The number of carboxylic acids is 1. The van der Waals surface area contributed by atoms with Crippen molar-refractivity contribution in [1.82, 2.24) is 0 Å². The van der Waals surface area contributed by atoms with Crippen LogP contribution in [0.5, 0.6) is 0 Å². The van der Waals surface area contributed by atoms with Gasteiger partial charge in [-0.3, -0.25) is 0 Å². The van der Waals surface area contributed by atoms with Gasteiger partial charge in [0, 0.05) is 0 Å². The summed E-state index contributed by atoms with van der Waals surface area (Å²) in [6, 6.07) is 16.4. The lowest BCUT2D eigenvalue weighted by atomic mass is 9.86. The van der Waals surface area contributed by atoms with Crippen LogP contribution in [0, 0.1) is 0 Å². The molecule has 0 aliphatic heterocycles. The molecule has 0 atom stereocenters. The SMILES string of the molecule is CC[N+](C)(CC)CCO.O=C([O-])C(O)(c1ccccc1)c1ccccc1. The number of aliphatic hydroxyl groups is 2. The highest BCUT2D eigenvalue weighted by Crippen LogP contribution is 2.28. The first-order valence-electron chi connectivity index (χ1n) is 8.83. The Bertz CT molecular complexity index is 615. The van der Waals surface area contributed by atoms with Crippen molar-refractivity contribution >= 4 is 5.97 Å². The highest BCUT2D eigenvalue weighted by Gasteiger charge is 2.32. The van der Waals surface area contributed by atoms with Crippen LogP contribution in [0.15, 0.2) is 60.7 Å². The van der Waals surface area contributed by atoms with Gasteiger partial charge in [-0.05, 0) is 25.0 Å². The monoisotopic (exact) mass is 359 g/mol. The van der Waals surface area contributed by atoms with Crippen molar-refractivity contribution in [3.63, 3.8) is 0 Å². The third kappa shape index (κ3) is 5.39. The molecule has 5 heteroatoms. The van der Waals surface area contributed by atoms with Gasteiger partial charge < -0.3 is 24.6 Å². The largest absolute Gasteiger partial charge is 0.546 e. The second-order valence-corrected chi connectivity index (χ2v) is 6.43. The third-order valence-corrected chi connectivity index (χ3v) is 4.85. The van der Waals surface area contributed by atoms with Crippen LogP contribution >= 0.6 is 0 Å². The summed E-state index contributed by atoms with van der Waals surface area (Å²) >= 11 is 0. The van der Waals surface area contributed by atoms with Gasteiger partial charge in [0.2, 0.25) is 0 Å². The molecule has 0 radical (unpaired) electrons. The zero-order valence-electron chi connectivity index (χ0n) is 15.8. The molecule has 142 valence electrons. The van der Waals surface area contributed by atoms with Crippen LogP contribution in [0.2, 0.25) is 0 Å². The van der Waals surface area contributed by atoms with Crippen LogP contribution in [0.3, 0.4) is 0 Å². The van der Waals surface area contributed by atoms with Crippen molar-refractivity contribution < 1.29 is 24.6 Å². The lowest BCUT2D eigenvalue weighted by Crippen LogP contribution is -2.46. The van der Waals surface area contributed by atoms with E-state index in [9.17, 15) is 15.0 Å². The first kappa shape index (κ1) is 21.8. The number of aliphatic hydroxyl groups excluding tert-OH is 1. The lowest BCUT2D eigenvalue weighted by Gasteiger charge is -2.31. The number of carbonyl (C=O) groups excluding carboxylic acids is 1. The Balaban J connectivity index is 0.000000321. The number of quaternary nitrogens is 1. The summed E-state index contributed by atoms with van der Waals surface area (Å²) in [5.74, 6) is -1.53. The Morgan fingerprint density at radius 3 is 1.58 bits per heavy atom. The number of hydrogen-bond acceptors (Lipinski definition) is 4. The van der Waals surface area contributed by atoms with Crippen LogP contribution in [-0.4, -0.2) is 54.0 Å². The molecule has 0 fully saturated rings. The van der Waals surface area contributed by atoms with E-state index in [0.29, 0.717) is 6.61 Å². The molecule has 0 unspecified atom stereocenters. The second kappa shape index (κ2) is 10.1. The molecule has 2 rings (SSSR count). The average Bonchev–Trinajstić information content (AvgIpc) is 2.69. The molecule has 0 saturated heterocycles. The van der Waals surface area contributed by atoms with Gasteiger partial charge in [0.1, 0.15) is 6.54 Å². The fraction of sp³-hybridized carbons (Fsp3) is 0.381. The topological polar surface area (TPSA) is 80.6 Å². The summed E-state index contributed by atoms with van der Waals surface area (Å²) in [5.41, 5.74) is -1.54. The maximum Gasteiger partial charge on any atom is 0.154 e. The zero-order chi connectivity index (χ0) is 19.6. The van der Waals surface area contributed by atoms with E-state index in [-0.39, 0.29) is 11.1 Å². The fourth-order valence-electron chi connectivity index (χ4n) is 2.54. The van der Waals surface area contributed by atoms with E-state index in [4.69, 9.17) is 5.11 Å². The number of hydrogen-bond donors (Lipinski definition) is 2. The average molecular weight is 359 g/mol. The maximum atomic E-state index is 11.3. The number of aliphatic carboxylic acids is 1. The van der Waals surface area contributed by atoms with Gasteiger partial charge in [-0.25, -0.2) is 0 Å². The maximum absolute atomic E-state index is 11.3. The molecule has 2 N–H and O–H groups in total. The predicted molar refractivity (Wildman–Crippen MR) is 100 cm³/mol. The number of nitrogens with zero attached hydrogens (tertiary/aromatic N) is 1. The smallest absolute Gasteiger partial charge is 0.154 e. The summed E-state index contributed by atoms with van der Waals surface area (Å²) in [4.78, 5) is 11.3. The molecule has 0 heterocycles. The second-order valence-electron chi connectivity index (χ2n) is 6.43. The molecule has 0 bridgehead atoms. The normalized spacial score (nSPS) is 11.4. The molecular formula is C21H29NO4. The predicted octanol–water partition coefficient (Wildman–Crippen LogP) is 1.14. The van der Waals surface area contributed by atoms with Crippen molar-refractivity contribution in [3.05, 3.63) is 71.8 Å². The van der Waals surface area contributed by atoms with E-state index < -0.39 is 11.6 Å². The zero-order valence-corrected chi connectivity index (χ0v) is 15.8. The summed E-state index contributed by atoms with van der Waals surface area (Å²) in [7, 11) is 2.16. The van der Waals surface area contributed by atoms with E-state index in [2.05, 4.69) is 20.9 Å². The Hall–Kier alpha value is -2.21. The minimum atomic E-state index is -2.11. The number of carbonyl (C=O) groups is 1. The van der Waals surface area contributed by atoms with Crippen LogP contribution < -0.4 is 5.11 Å². The van der Waals surface area contributed by atoms with Gasteiger partial charge in [0.05, 0.1) is 32.7 Å². The molecule has 0 aliphatic carbocycles. The standard InChI is InChI=1S/C14H12O3.C7H18NO/c15-13(16)14(17,11-7-3-1-4-8-11)12-9-5-2-6-10-12;1-4-8(3,5-2)6-7-9/h1-10,17H,(H,15,16);9H,4-7H2,1-3H3/q;+1/p-1. The van der Waals surface area contributed by atoms with E-state index in [1.165, 1.54) is 0 Å². The quantitative estimate of drug-likeness (QED) is 0.727. The summed E-state index contributed by atoms with van der Waals surface area (Å²) in [5, 5.41) is 30.3. The number of benzene rings is 2. The summed E-state index contributed by atoms with van der Waals surface area (Å²) < 4.78 is 0.983. The highest BCUT2D eigenvalue weighted by atomic mass is 16.4. The van der Waals surface area contributed by atoms with Crippen molar-refractivity contribution in [2.75, 3.05) is 33.3 Å². The molecule has 0 aromatic heterocycles. The number of rotatable bonds is 7. The fourth-order valence-corrected chi connectivity index (χ4v) is 2.54. The molecule has 0 amide bonds. The Kier molecular flexibility index (Phi) is 8.45. The molecule has 2 aromatic rings. The molecule has 0 spiro atoms. The van der Waals surface area contributed by atoms with Crippen molar-refractivity contribution in [2.24, 2.45) is 0 Å². The molecular weight excluding hydrogens is 330 g/mol. The van der Waals surface area contributed by atoms with Gasteiger partial charge in [-0.1, -0.05) is 60.7 Å². The minimum absolute atomic E-state index is 0.284. The van der Waals surface area contributed by atoms with Crippen LogP contribution in [-0.2, 0) is 10.4 Å². The van der Waals surface area contributed by atoms with E-state index >= 15 is 0 Å². The van der Waals surface area contributed by atoms with E-state index in [0.717, 1.165) is 24.1 Å². The van der Waals surface area contributed by atoms with Crippen LogP contribution in [0.25, 0.3) is 0 Å². The van der Waals surface area contributed by atoms with Crippen molar-refractivity contribution in [2.45, 2.75) is 19.4 Å². The lowest BCUT2D eigenvalue weighted by molar-refractivity contribution is -0.906. The molecule has 5 nitrogen and oxygen atoms in total. The summed E-state index contributed by atoms with van der Waals surface area (Å²) in [6.07, 6.45) is 0. The van der Waals surface area contributed by atoms with Crippen molar-refractivity contribution in [1.29, 1.82) is 0 Å². The summed E-state index contributed by atoms with van der Waals surface area (Å²) in [6.45, 7) is 7.71. The first-order valence-corrected chi connectivity index (χ1v) is 8.83. The highest BCUT2D eigenvalue weighted by molar-refractivity contribution is 5.81. The van der Waals surface area contributed by atoms with Gasteiger partial charge in [-0.15, -0.1) is 0 Å². The Labute approximate surface area is 155 Å². The molecule has 0 aliphatic rings. The molecule has 26 heavy (non-hydrogen) atoms. The van der Waals surface area contributed by atoms with Crippen molar-refractivity contribution in [3.8, 4) is 0 Å². The Morgan fingerprint density at radius 1 is 0.962 bits per heavy atom. The Morgan fingerprint density at radius 2 is 1.35 bits per heavy atom. The van der Waals surface area contributed by atoms with E-state index in [1.807, 2.05) is 0 Å². The van der Waals surface area contributed by atoms with Crippen LogP contribution in [0.1, 0.15) is 25.0 Å². The van der Waals surface area contributed by atoms with Gasteiger partial charge in [-0.2, -0.15) is 0 Å². The number of likely N-dealkylation sites (N-methyl/N-ethyl adjacent to an activating group) is 1. The van der Waals surface area contributed by atoms with Crippen LogP contribution in [0.4, 0.5) is 0 Å². The first-order chi connectivity index (χ1) is 12.3. The minimum Gasteiger partial charge on any atom is -0.546 e. The van der Waals surface area contributed by atoms with Gasteiger partial charge in [0.25, 0.3) is 0 Å². The van der Waals surface area contributed by atoms with Gasteiger partial charge >= 0.3 is 0 Å². The molecule has 0 saturated carbocycles. The van der Waals surface area contributed by atoms with Gasteiger partial charge in [0.15, 0.2) is 5.60 Å². The van der Waals surface area contributed by atoms with E-state index in [1.54, 1.807) is 60.7 Å². The molecule has 2 aromatic carbocycles.